The number of carbonyl (C=O) groups excluding carboxylic acids is 1. The number of methoxy groups -OCH3 is 2. The Balaban J connectivity index is 1.99. The van der Waals surface area contributed by atoms with Gasteiger partial charge >= 0.3 is 0 Å². The van der Waals surface area contributed by atoms with E-state index in [0.29, 0.717) is 18.1 Å². The first-order chi connectivity index (χ1) is 13.1. The zero-order chi connectivity index (χ0) is 19.6. The highest BCUT2D eigenvalue weighted by Crippen LogP contribution is 2.29. The van der Waals surface area contributed by atoms with Crippen LogP contribution in [0.25, 0.3) is 6.08 Å². The van der Waals surface area contributed by atoms with Crippen molar-refractivity contribution in [3.63, 3.8) is 0 Å². The zero-order valence-electron chi connectivity index (χ0n) is 16.3. The lowest BCUT2D eigenvalue weighted by Gasteiger charge is -2.17. The Bertz CT molecular complexity index is 768. The van der Waals surface area contributed by atoms with Gasteiger partial charge in [0.1, 0.15) is 17.2 Å². The first-order valence-corrected chi connectivity index (χ1v) is 9.00. The molecule has 27 heavy (non-hydrogen) atoms. The molecule has 2 aromatic carbocycles. The van der Waals surface area contributed by atoms with Gasteiger partial charge in [-0.05, 0) is 55.3 Å². The van der Waals surface area contributed by atoms with Crippen LogP contribution in [-0.4, -0.2) is 26.7 Å². The van der Waals surface area contributed by atoms with Crippen LogP contribution in [0, 0.1) is 0 Å². The molecule has 0 heterocycles. The summed E-state index contributed by atoms with van der Waals surface area (Å²) in [4.78, 5) is 12.3. The number of hydrogen-bond donors (Lipinski definition) is 1. The van der Waals surface area contributed by atoms with Crippen molar-refractivity contribution in [3.8, 4) is 17.2 Å². The Hall–Kier alpha value is -2.95. The van der Waals surface area contributed by atoms with Gasteiger partial charge in [-0.15, -0.1) is 0 Å². The molecule has 0 saturated carbocycles. The number of carbonyl (C=O) groups is 1. The predicted molar refractivity (Wildman–Crippen MR) is 107 cm³/mol. The van der Waals surface area contributed by atoms with Crippen LogP contribution in [0.15, 0.2) is 48.5 Å². The Kier molecular flexibility index (Phi) is 7.74. The molecule has 0 bridgehead atoms. The topological polar surface area (TPSA) is 56.8 Å². The van der Waals surface area contributed by atoms with Gasteiger partial charge in [-0.1, -0.05) is 19.1 Å². The molecule has 1 N–H and O–H groups in total. The number of hydrogen-bond acceptors (Lipinski definition) is 4. The summed E-state index contributed by atoms with van der Waals surface area (Å²) in [5.41, 5.74) is 1.79. The van der Waals surface area contributed by atoms with Crippen molar-refractivity contribution in [2.24, 2.45) is 0 Å². The summed E-state index contributed by atoms with van der Waals surface area (Å²) in [6, 6.07) is 12.9. The lowest BCUT2D eigenvalue weighted by molar-refractivity contribution is -0.117. The van der Waals surface area contributed by atoms with E-state index in [2.05, 4.69) is 12.2 Å². The molecule has 0 aliphatic rings. The van der Waals surface area contributed by atoms with Crippen LogP contribution < -0.4 is 19.5 Å². The minimum atomic E-state index is -0.225. The molecule has 5 heteroatoms. The lowest BCUT2D eigenvalue weighted by Crippen LogP contribution is -2.25. The fraction of sp³-hybridized carbons (Fsp3) is 0.318. The van der Waals surface area contributed by atoms with E-state index in [0.717, 1.165) is 23.3 Å². The monoisotopic (exact) mass is 369 g/mol. The van der Waals surface area contributed by atoms with Crippen LogP contribution in [0.1, 0.15) is 37.4 Å². The number of nitrogens with one attached hydrogen (secondary N) is 1. The van der Waals surface area contributed by atoms with Crippen molar-refractivity contribution < 1.29 is 19.0 Å². The van der Waals surface area contributed by atoms with Gasteiger partial charge in [-0.25, -0.2) is 0 Å². The third-order valence-corrected chi connectivity index (χ3v) is 4.04. The molecule has 0 fully saturated rings. The van der Waals surface area contributed by atoms with Crippen molar-refractivity contribution >= 4 is 12.0 Å². The molecule has 2 rings (SSSR count). The first-order valence-electron chi connectivity index (χ1n) is 9.00. The van der Waals surface area contributed by atoms with E-state index in [-0.39, 0.29) is 11.9 Å². The van der Waals surface area contributed by atoms with E-state index in [9.17, 15) is 4.79 Å². The number of benzene rings is 2. The summed E-state index contributed by atoms with van der Waals surface area (Å²) in [6.45, 7) is 4.67. The van der Waals surface area contributed by atoms with Crippen molar-refractivity contribution in [3.05, 3.63) is 59.7 Å². The highest BCUT2D eigenvalue weighted by Gasteiger charge is 2.14. The van der Waals surface area contributed by atoms with E-state index in [1.807, 2.05) is 49.4 Å². The molecule has 0 spiro atoms. The summed E-state index contributed by atoms with van der Waals surface area (Å²) >= 11 is 0. The van der Waals surface area contributed by atoms with Gasteiger partial charge < -0.3 is 19.5 Å². The van der Waals surface area contributed by atoms with Gasteiger partial charge in [-0.2, -0.15) is 0 Å². The van der Waals surface area contributed by atoms with Gasteiger partial charge in [0.15, 0.2) is 0 Å². The van der Waals surface area contributed by atoms with Crippen LogP contribution in [0.2, 0.25) is 0 Å². The first kappa shape index (κ1) is 20.4. The average molecular weight is 369 g/mol. The normalized spacial score (nSPS) is 11.9. The van der Waals surface area contributed by atoms with Crippen molar-refractivity contribution in [1.82, 2.24) is 5.32 Å². The largest absolute Gasteiger partial charge is 0.497 e. The van der Waals surface area contributed by atoms with Gasteiger partial charge in [0.2, 0.25) is 5.91 Å². The molecular weight excluding hydrogens is 342 g/mol. The molecule has 0 aliphatic heterocycles. The molecule has 2 aromatic rings. The standard InChI is InChI=1S/C22H27NO4/c1-5-14-27-18-9-6-17(7-10-18)8-13-22(24)23-16(2)20-15-19(25-3)11-12-21(20)26-4/h6-13,15-16H,5,14H2,1-4H3,(H,23,24)/b13-8+. The van der Waals surface area contributed by atoms with Crippen LogP contribution in [0.3, 0.4) is 0 Å². The van der Waals surface area contributed by atoms with Gasteiger partial charge in [-0.3, -0.25) is 4.79 Å². The highest BCUT2D eigenvalue weighted by molar-refractivity contribution is 5.92. The Morgan fingerprint density at radius 2 is 1.78 bits per heavy atom. The van der Waals surface area contributed by atoms with E-state index in [1.165, 1.54) is 6.08 Å². The highest BCUT2D eigenvalue weighted by atomic mass is 16.5. The maximum Gasteiger partial charge on any atom is 0.244 e. The number of amides is 1. The maximum atomic E-state index is 12.3. The van der Waals surface area contributed by atoms with Crippen LogP contribution in [0.4, 0.5) is 0 Å². The van der Waals surface area contributed by atoms with E-state index >= 15 is 0 Å². The summed E-state index contributed by atoms with van der Waals surface area (Å²) < 4.78 is 16.2. The van der Waals surface area contributed by atoms with E-state index < -0.39 is 0 Å². The molecule has 5 nitrogen and oxygen atoms in total. The summed E-state index contributed by atoms with van der Waals surface area (Å²) in [5.74, 6) is 2.07. The van der Waals surface area contributed by atoms with E-state index in [4.69, 9.17) is 14.2 Å². The third-order valence-electron chi connectivity index (χ3n) is 4.04. The fourth-order valence-electron chi connectivity index (χ4n) is 2.58. The molecule has 1 atom stereocenters. The Labute approximate surface area is 161 Å². The predicted octanol–water partition coefficient (Wildman–Crippen LogP) is 4.38. The molecule has 0 radical (unpaired) electrons. The smallest absolute Gasteiger partial charge is 0.244 e. The zero-order valence-corrected chi connectivity index (χ0v) is 16.3. The third kappa shape index (κ3) is 6.06. The SMILES string of the molecule is CCCOc1ccc(/C=C/C(=O)NC(C)c2cc(OC)ccc2OC)cc1. The quantitative estimate of drug-likeness (QED) is 0.666. The van der Waals surface area contributed by atoms with Crippen LogP contribution in [0.5, 0.6) is 17.2 Å². The number of rotatable bonds is 9. The van der Waals surface area contributed by atoms with E-state index in [1.54, 1.807) is 20.3 Å². The summed E-state index contributed by atoms with van der Waals surface area (Å²) in [5, 5.41) is 2.95. The van der Waals surface area contributed by atoms with Gasteiger partial charge in [0.05, 0.1) is 26.9 Å². The van der Waals surface area contributed by atoms with Crippen LogP contribution in [-0.2, 0) is 4.79 Å². The fourth-order valence-corrected chi connectivity index (χ4v) is 2.58. The second-order valence-electron chi connectivity index (χ2n) is 6.09. The minimum Gasteiger partial charge on any atom is -0.497 e. The maximum absolute atomic E-state index is 12.3. The Morgan fingerprint density at radius 3 is 2.41 bits per heavy atom. The summed E-state index contributed by atoms with van der Waals surface area (Å²) in [7, 11) is 3.21. The number of ether oxygens (including phenoxy) is 3. The molecule has 1 unspecified atom stereocenters. The second kappa shape index (κ2) is 10.3. The molecular formula is C22H27NO4. The molecule has 144 valence electrons. The van der Waals surface area contributed by atoms with Gasteiger partial charge in [0, 0.05) is 11.6 Å². The molecule has 1 amide bonds. The van der Waals surface area contributed by atoms with Crippen molar-refractivity contribution in [2.45, 2.75) is 26.3 Å². The second-order valence-corrected chi connectivity index (χ2v) is 6.09. The molecule has 0 aliphatic carbocycles. The van der Waals surface area contributed by atoms with Crippen molar-refractivity contribution in [1.29, 1.82) is 0 Å². The van der Waals surface area contributed by atoms with Gasteiger partial charge in [0.25, 0.3) is 0 Å². The summed E-state index contributed by atoms with van der Waals surface area (Å²) in [6.07, 6.45) is 4.26. The minimum absolute atomic E-state index is 0.182. The Morgan fingerprint density at radius 1 is 1.07 bits per heavy atom. The molecule has 0 saturated heterocycles. The molecule has 0 aromatic heterocycles. The average Bonchev–Trinajstić information content (AvgIpc) is 2.70. The van der Waals surface area contributed by atoms with Crippen molar-refractivity contribution in [2.75, 3.05) is 20.8 Å². The lowest BCUT2D eigenvalue weighted by atomic mass is 10.1. The van der Waals surface area contributed by atoms with Crippen LogP contribution >= 0.6 is 0 Å².